The predicted octanol–water partition coefficient (Wildman–Crippen LogP) is 3.07. The van der Waals surface area contributed by atoms with Gasteiger partial charge in [0.2, 0.25) is 5.91 Å². The van der Waals surface area contributed by atoms with E-state index >= 15 is 0 Å². The Morgan fingerprint density at radius 2 is 1.72 bits per heavy atom. The van der Waals surface area contributed by atoms with Gasteiger partial charge in [0, 0.05) is 50.9 Å². The molecule has 3 amide bonds. The fourth-order valence-corrected chi connectivity index (χ4v) is 4.96. The summed E-state index contributed by atoms with van der Waals surface area (Å²) in [6, 6.07) is 6.62. The summed E-state index contributed by atoms with van der Waals surface area (Å²) in [5, 5.41) is 13.5. The number of alkyl halides is 3. The molecule has 1 aromatic carbocycles. The molecule has 3 fully saturated rings. The highest BCUT2D eigenvalue weighted by Gasteiger charge is 2.38. The van der Waals surface area contributed by atoms with Gasteiger partial charge in [-0.25, -0.2) is 9.59 Å². The van der Waals surface area contributed by atoms with Gasteiger partial charge < -0.3 is 20.2 Å². The standard InChI is InChI=1S/C21H30ClN5O2.C2HF3O2/c1-25(15-6-11-26(12-7-15)16-4-9-23-10-5-16)17-2-3-18(22)19(14-17)27-13-8-20(28)24-21(27)29;3-2(4,5)1(6)7/h2-3,14-16,23H,4-13H2,1H3,(H,24,28,29);(H,6,7). The SMILES string of the molecule is CN(c1ccc(Cl)c(N2CCC(=O)NC2=O)c1)C1CCN(C2CCNCC2)CC1.O=C(O)C(F)(F)F. The molecule has 3 aliphatic rings. The van der Waals surface area contributed by atoms with Gasteiger partial charge >= 0.3 is 18.2 Å². The number of nitrogens with one attached hydrogen (secondary N) is 2. The maximum Gasteiger partial charge on any atom is 0.490 e. The lowest BCUT2D eigenvalue weighted by molar-refractivity contribution is -0.192. The van der Waals surface area contributed by atoms with Gasteiger partial charge in [0.1, 0.15) is 0 Å². The third-order valence-electron chi connectivity index (χ3n) is 6.80. The van der Waals surface area contributed by atoms with E-state index < -0.39 is 18.2 Å². The van der Waals surface area contributed by atoms with E-state index in [0.29, 0.717) is 23.3 Å². The first-order valence-corrected chi connectivity index (χ1v) is 12.2. The van der Waals surface area contributed by atoms with Crippen LogP contribution in [0.4, 0.5) is 29.3 Å². The van der Waals surface area contributed by atoms with E-state index in [1.807, 2.05) is 18.2 Å². The van der Waals surface area contributed by atoms with Crippen molar-refractivity contribution in [3.8, 4) is 0 Å². The van der Waals surface area contributed by atoms with Gasteiger partial charge in [0.15, 0.2) is 0 Å². The Morgan fingerprint density at radius 3 is 2.28 bits per heavy atom. The van der Waals surface area contributed by atoms with Crippen LogP contribution >= 0.6 is 11.6 Å². The molecule has 0 unspecified atom stereocenters. The molecule has 4 rings (SSSR count). The maximum absolute atomic E-state index is 12.2. The fourth-order valence-electron chi connectivity index (χ4n) is 4.74. The summed E-state index contributed by atoms with van der Waals surface area (Å²) in [4.78, 5) is 39.1. The number of carbonyl (C=O) groups is 3. The lowest BCUT2D eigenvalue weighted by Gasteiger charge is -2.42. The first kappa shape index (κ1) is 28.0. The van der Waals surface area contributed by atoms with Crippen LogP contribution in [-0.4, -0.2) is 85.9 Å². The van der Waals surface area contributed by atoms with Crippen molar-refractivity contribution in [1.82, 2.24) is 15.5 Å². The molecule has 13 heteroatoms. The average molecular weight is 534 g/mol. The maximum atomic E-state index is 12.2. The van der Waals surface area contributed by atoms with E-state index in [4.69, 9.17) is 21.5 Å². The van der Waals surface area contributed by atoms with E-state index in [1.165, 1.54) is 12.8 Å². The molecule has 0 saturated carbocycles. The highest BCUT2D eigenvalue weighted by atomic mass is 35.5. The summed E-state index contributed by atoms with van der Waals surface area (Å²) in [6.45, 7) is 4.89. The Morgan fingerprint density at radius 1 is 1.11 bits per heavy atom. The van der Waals surface area contributed by atoms with Crippen LogP contribution in [0.15, 0.2) is 18.2 Å². The molecule has 0 radical (unpaired) electrons. The smallest absolute Gasteiger partial charge is 0.475 e. The second-order valence-electron chi connectivity index (χ2n) is 9.05. The Hall–Kier alpha value is -2.57. The topological polar surface area (TPSA) is 105 Å². The molecule has 0 atom stereocenters. The second kappa shape index (κ2) is 12.1. The number of carboxylic acid groups (broad SMARTS) is 1. The average Bonchev–Trinajstić information content (AvgIpc) is 2.85. The van der Waals surface area contributed by atoms with Crippen LogP contribution in [0.3, 0.4) is 0 Å². The molecule has 200 valence electrons. The summed E-state index contributed by atoms with van der Waals surface area (Å²) in [7, 11) is 2.12. The number of carboxylic acids is 1. The minimum atomic E-state index is -5.08. The monoisotopic (exact) mass is 533 g/mol. The highest BCUT2D eigenvalue weighted by molar-refractivity contribution is 6.34. The van der Waals surface area contributed by atoms with Crippen molar-refractivity contribution in [1.29, 1.82) is 0 Å². The van der Waals surface area contributed by atoms with Crippen molar-refractivity contribution >= 4 is 40.9 Å². The molecule has 1 aromatic rings. The molecule has 0 bridgehead atoms. The first-order valence-electron chi connectivity index (χ1n) is 11.9. The van der Waals surface area contributed by atoms with E-state index in [-0.39, 0.29) is 12.3 Å². The van der Waals surface area contributed by atoms with Crippen LogP contribution in [0.5, 0.6) is 0 Å². The fraction of sp³-hybridized carbons (Fsp3) is 0.609. The number of carbonyl (C=O) groups excluding carboxylic acids is 2. The molecule has 3 N–H and O–H groups in total. The van der Waals surface area contributed by atoms with Gasteiger partial charge in [-0.1, -0.05) is 11.6 Å². The number of aliphatic carboxylic acids is 1. The lowest BCUT2D eigenvalue weighted by atomic mass is 9.97. The van der Waals surface area contributed by atoms with E-state index in [9.17, 15) is 22.8 Å². The quantitative estimate of drug-likeness (QED) is 0.546. The number of likely N-dealkylation sites (tertiary alicyclic amines) is 1. The number of benzene rings is 1. The van der Waals surface area contributed by atoms with Crippen LogP contribution in [0, 0.1) is 0 Å². The third-order valence-corrected chi connectivity index (χ3v) is 7.12. The lowest BCUT2D eigenvalue weighted by Crippen LogP contribution is -2.50. The summed E-state index contributed by atoms with van der Waals surface area (Å²) in [5.74, 6) is -3.00. The number of halogens is 4. The predicted molar refractivity (Wildman–Crippen MR) is 130 cm³/mol. The molecule has 3 aliphatic heterocycles. The van der Waals surface area contributed by atoms with Crippen molar-refractivity contribution in [2.75, 3.05) is 49.6 Å². The zero-order valence-electron chi connectivity index (χ0n) is 20.0. The number of nitrogens with zero attached hydrogens (tertiary/aromatic N) is 3. The van der Waals surface area contributed by atoms with Crippen LogP contribution in [0.25, 0.3) is 0 Å². The number of piperidine rings is 2. The molecule has 3 saturated heterocycles. The molecule has 0 aromatic heterocycles. The van der Waals surface area contributed by atoms with Crippen LogP contribution in [0.2, 0.25) is 5.02 Å². The van der Waals surface area contributed by atoms with Gasteiger partial charge in [0.25, 0.3) is 0 Å². The van der Waals surface area contributed by atoms with Crippen molar-refractivity contribution in [3.05, 3.63) is 23.2 Å². The number of rotatable bonds is 4. The molecular weight excluding hydrogens is 503 g/mol. The number of imide groups is 1. The van der Waals surface area contributed by atoms with Gasteiger partial charge in [-0.15, -0.1) is 0 Å². The van der Waals surface area contributed by atoms with E-state index in [0.717, 1.165) is 50.7 Å². The molecule has 0 aliphatic carbocycles. The van der Waals surface area contributed by atoms with E-state index in [1.54, 1.807) is 4.90 Å². The molecule has 36 heavy (non-hydrogen) atoms. The zero-order chi connectivity index (χ0) is 26.5. The minimum Gasteiger partial charge on any atom is -0.475 e. The van der Waals surface area contributed by atoms with Crippen molar-refractivity contribution in [2.45, 2.75) is 50.4 Å². The number of urea groups is 1. The van der Waals surface area contributed by atoms with Crippen molar-refractivity contribution < 1.29 is 32.7 Å². The molecular formula is C23H31ClF3N5O4. The van der Waals surface area contributed by atoms with Crippen LogP contribution < -0.4 is 20.4 Å². The molecule has 9 nitrogen and oxygen atoms in total. The van der Waals surface area contributed by atoms with Gasteiger partial charge in [0.05, 0.1) is 10.7 Å². The number of anilines is 2. The Bertz CT molecular complexity index is 950. The first-order chi connectivity index (χ1) is 17.0. The number of hydrogen-bond donors (Lipinski definition) is 3. The third kappa shape index (κ3) is 7.23. The van der Waals surface area contributed by atoms with Crippen molar-refractivity contribution in [3.63, 3.8) is 0 Å². The highest BCUT2D eigenvalue weighted by Crippen LogP contribution is 2.33. The normalized spacial score (nSPS) is 20.4. The largest absolute Gasteiger partial charge is 0.490 e. The number of hydrogen-bond acceptors (Lipinski definition) is 6. The summed E-state index contributed by atoms with van der Waals surface area (Å²) in [5.41, 5.74) is 1.71. The second-order valence-corrected chi connectivity index (χ2v) is 9.46. The van der Waals surface area contributed by atoms with E-state index in [2.05, 4.69) is 27.5 Å². The van der Waals surface area contributed by atoms with Gasteiger partial charge in [-0.2, -0.15) is 13.2 Å². The van der Waals surface area contributed by atoms with Gasteiger partial charge in [-0.05, 0) is 57.0 Å². The number of amides is 3. The Labute approximate surface area is 212 Å². The summed E-state index contributed by atoms with van der Waals surface area (Å²) >= 11 is 6.39. The van der Waals surface area contributed by atoms with Gasteiger partial charge in [-0.3, -0.25) is 15.0 Å². The Balaban J connectivity index is 0.000000454. The van der Waals surface area contributed by atoms with Crippen LogP contribution in [-0.2, 0) is 9.59 Å². The molecule has 3 heterocycles. The summed E-state index contributed by atoms with van der Waals surface area (Å²) in [6.07, 6.45) is -0.0195. The van der Waals surface area contributed by atoms with Crippen molar-refractivity contribution in [2.24, 2.45) is 0 Å². The zero-order valence-corrected chi connectivity index (χ0v) is 20.7. The molecule has 0 spiro atoms. The summed E-state index contributed by atoms with van der Waals surface area (Å²) < 4.78 is 31.7. The van der Waals surface area contributed by atoms with Crippen LogP contribution in [0.1, 0.15) is 32.1 Å². The Kier molecular flexibility index (Phi) is 9.42. The minimum absolute atomic E-state index is 0.240.